The smallest absolute Gasteiger partial charge is 0.262 e. The molecule has 0 saturated carbocycles. The van der Waals surface area contributed by atoms with Crippen LogP contribution in [-0.4, -0.2) is 24.1 Å². The first kappa shape index (κ1) is 17.2. The number of rotatable bonds is 3. The molecular formula is C20H14ClN5OS. The van der Waals surface area contributed by atoms with Crippen LogP contribution in [0.4, 0.5) is 0 Å². The van der Waals surface area contributed by atoms with Crippen molar-refractivity contribution < 1.29 is 0 Å². The first-order valence-corrected chi connectivity index (χ1v) is 9.99. The van der Waals surface area contributed by atoms with Crippen LogP contribution in [0.1, 0.15) is 5.56 Å². The summed E-state index contributed by atoms with van der Waals surface area (Å²) in [5.74, 6) is 1.10. The van der Waals surface area contributed by atoms with E-state index in [-0.39, 0.29) is 5.56 Å². The van der Waals surface area contributed by atoms with Gasteiger partial charge < -0.3 is 0 Å². The van der Waals surface area contributed by atoms with E-state index < -0.39 is 0 Å². The summed E-state index contributed by atoms with van der Waals surface area (Å²) in [4.78, 5) is 17.0. The van der Waals surface area contributed by atoms with Gasteiger partial charge in [0.05, 0.1) is 16.4 Å². The van der Waals surface area contributed by atoms with Gasteiger partial charge in [-0.15, -0.1) is 10.2 Å². The van der Waals surface area contributed by atoms with Gasteiger partial charge in [-0.2, -0.15) is 0 Å². The molecule has 0 bridgehead atoms. The molecule has 138 valence electrons. The summed E-state index contributed by atoms with van der Waals surface area (Å²) in [6.07, 6.45) is 0. The lowest BCUT2D eigenvalue weighted by Gasteiger charge is -2.08. The molecule has 0 aliphatic rings. The van der Waals surface area contributed by atoms with Crippen molar-refractivity contribution in [2.24, 2.45) is 7.05 Å². The zero-order chi connectivity index (χ0) is 19.3. The molecular weight excluding hydrogens is 394 g/mol. The van der Waals surface area contributed by atoms with Crippen LogP contribution in [0.3, 0.4) is 0 Å². The number of hydrogen-bond donors (Lipinski definition) is 0. The number of para-hydroxylation sites is 2. The molecule has 0 fully saturated rings. The molecule has 6 nitrogen and oxygen atoms in total. The second-order valence-corrected chi connectivity index (χ2v) is 7.72. The fraction of sp³-hybridized carbons (Fsp3) is 0.100. The van der Waals surface area contributed by atoms with Gasteiger partial charge in [0.1, 0.15) is 5.15 Å². The molecule has 0 saturated heterocycles. The van der Waals surface area contributed by atoms with Gasteiger partial charge in [-0.3, -0.25) is 13.8 Å². The molecule has 2 aromatic carbocycles. The van der Waals surface area contributed by atoms with Crippen molar-refractivity contribution in [1.29, 1.82) is 0 Å². The minimum absolute atomic E-state index is 0.0891. The first-order chi connectivity index (χ1) is 13.6. The van der Waals surface area contributed by atoms with Gasteiger partial charge in [-0.1, -0.05) is 53.7 Å². The second-order valence-electron chi connectivity index (χ2n) is 6.42. The standard InChI is InChI=1S/C20H14ClN5OS/c1-25-18(27)14-7-3-5-9-16(14)26-19(25)23-24-20(26)28-11-13-10-12-6-2-4-8-15(12)22-17(13)21/h2-10H,11H2,1H3. The zero-order valence-corrected chi connectivity index (χ0v) is 16.4. The van der Waals surface area contributed by atoms with E-state index in [0.717, 1.165) is 22.0 Å². The Bertz CT molecular complexity index is 1430. The molecule has 0 radical (unpaired) electrons. The molecule has 0 spiro atoms. The molecule has 0 aliphatic heterocycles. The Balaban J connectivity index is 1.60. The Labute approximate surface area is 168 Å². The van der Waals surface area contributed by atoms with Gasteiger partial charge in [0.2, 0.25) is 5.78 Å². The minimum Gasteiger partial charge on any atom is -0.279 e. The number of aromatic nitrogens is 5. The van der Waals surface area contributed by atoms with E-state index in [1.54, 1.807) is 7.05 Å². The van der Waals surface area contributed by atoms with E-state index in [0.29, 0.717) is 27.2 Å². The van der Waals surface area contributed by atoms with E-state index in [1.807, 2.05) is 52.9 Å². The molecule has 5 aromatic rings. The average molecular weight is 408 g/mol. The predicted molar refractivity (Wildman–Crippen MR) is 112 cm³/mol. The summed E-state index contributed by atoms with van der Waals surface area (Å²) >= 11 is 7.90. The lowest BCUT2D eigenvalue weighted by atomic mass is 10.2. The van der Waals surface area contributed by atoms with E-state index >= 15 is 0 Å². The van der Waals surface area contributed by atoms with Crippen LogP contribution in [-0.2, 0) is 12.8 Å². The highest BCUT2D eigenvalue weighted by molar-refractivity contribution is 7.98. The van der Waals surface area contributed by atoms with Gasteiger partial charge in [-0.25, -0.2) is 4.98 Å². The summed E-state index contributed by atoms with van der Waals surface area (Å²) in [6, 6.07) is 17.4. The molecule has 5 rings (SSSR count). The van der Waals surface area contributed by atoms with Crippen molar-refractivity contribution in [3.63, 3.8) is 0 Å². The lowest BCUT2D eigenvalue weighted by Crippen LogP contribution is -2.20. The summed E-state index contributed by atoms with van der Waals surface area (Å²) in [7, 11) is 1.71. The Morgan fingerprint density at radius 1 is 1.07 bits per heavy atom. The predicted octanol–water partition coefficient (Wildman–Crippen LogP) is 4.08. The van der Waals surface area contributed by atoms with Crippen LogP contribution in [0, 0.1) is 0 Å². The SMILES string of the molecule is Cn1c(=O)c2ccccc2n2c(SCc3cc4ccccc4nc3Cl)nnc12. The van der Waals surface area contributed by atoms with Crippen molar-refractivity contribution in [1.82, 2.24) is 24.1 Å². The Hall–Kier alpha value is -2.90. The highest BCUT2D eigenvalue weighted by Gasteiger charge is 2.15. The molecule has 3 heterocycles. The van der Waals surface area contributed by atoms with Crippen molar-refractivity contribution >= 4 is 50.9 Å². The summed E-state index contributed by atoms with van der Waals surface area (Å²) in [5.41, 5.74) is 2.50. The van der Waals surface area contributed by atoms with Crippen LogP contribution in [0.5, 0.6) is 0 Å². The fourth-order valence-electron chi connectivity index (χ4n) is 3.28. The number of halogens is 1. The quantitative estimate of drug-likeness (QED) is 0.333. The molecule has 3 aromatic heterocycles. The molecule has 0 atom stereocenters. The third-order valence-electron chi connectivity index (χ3n) is 4.70. The number of benzene rings is 2. The van der Waals surface area contributed by atoms with Gasteiger partial charge in [-0.05, 0) is 24.3 Å². The topological polar surface area (TPSA) is 65.1 Å². The minimum atomic E-state index is -0.0891. The van der Waals surface area contributed by atoms with Crippen molar-refractivity contribution in [2.45, 2.75) is 10.9 Å². The molecule has 0 N–H and O–H groups in total. The maximum Gasteiger partial charge on any atom is 0.262 e. The molecule has 8 heteroatoms. The highest BCUT2D eigenvalue weighted by Crippen LogP contribution is 2.28. The van der Waals surface area contributed by atoms with E-state index in [2.05, 4.69) is 21.2 Å². The van der Waals surface area contributed by atoms with Crippen LogP contribution in [0.25, 0.3) is 27.6 Å². The van der Waals surface area contributed by atoms with Gasteiger partial charge in [0.25, 0.3) is 5.56 Å². The first-order valence-electron chi connectivity index (χ1n) is 8.63. The Kier molecular flexibility index (Phi) is 4.07. The number of pyridine rings is 1. The monoisotopic (exact) mass is 407 g/mol. The van der Waals surface area contributed by atoms with Crippen LogP contribution < -0.4 is 5.56 Å². The zero-order valence-electron chi connectivity index (χ0n) is 14.8. The molecule has 0 aliphatic carbocycles. The van der Waals surface area contributed by atoms with Crippen LogP contribution >= 0.6 is 23.4 Å². The third kappa shape index (κ3) is 2.66. The average Bonchev–Trinajstić information content (AvgIpc) is 3.15. The summed E-state index contributed by atoms with van der Waals surface area (Å²) in [6.45, 7) is 0. The molecule has 0 amide bonds. The second kappa shape index (κ2) is 6.61. The number of thioether (sulfide) groups is 1. The van der Waals surface area contributed by atoms with Crippen molar-refractivity contribution in [3.05, 3.63) is 75.7 Å². The fourth-order valence-corrected chi connectivity index (χ4v) is 4.49. The van der Waals surface area contributed by atoms with E-state index in [4.69, 9.17) is 11.6 Å². The van der Waals surface area contributed by atoms with Gasteiger partial charge >= 0.3 is 0 Å². The number of fused-ring (bicyclic) bond motifs is 4. The lowest BCUT2D eigenvalue weighted by molar-refractivity contribution is 0.853. The van der Waals surface area contributed by atoms with Gasteiger partial charge in [0.15, 0.2) is 5.16 Å². The van der Waals surface area contributed by atoms with Crippen molar-refractivity contribution in [2.75, 3.05) is 0 Å². The number of aryl methyl sites for hydroxylation is 1. The summed E-state index contributed by atoms with van der Waals surface area (Å²) < 4.78 is 3.42. The maximum absolute atomic E-state index is 12.5. The Morgan fingerprint density at radius 2 is 1.86 bits per heavy atom. The largest absolute Gasteiger partial charge is 0.279 e. The third-order valence-corrected chi connectivity index (χ3v) is 6.01. The highest BCUT2D eigenvalue weighted by atomic mass is 35.5. The van der Waals surface area contributed by atoms with E-state index in [9.17, 15) is 4.79 Å². The van der Waals surface area contributed by atoms with E-state index in [1.165, 1.54) is 16.3 Å². The Morgan fingerprint density at radius 3 is 2.75 bits per heavy atom. The molecule has 0 unspecified atom stereocenters. The number of hydrogen-bond acceptors (Lipinski definition) is 5. The van der Waals surface area contributed by atoms with Crippen LogP contribution in [0.2, 0.25) is 5.15 Å². The van der Waals surface area contributed by atoms with Crippen molar-refractivity contribution in [3.8, 4) is 0 Å². The number of nitrogens with zero attached hydrogens (tertiary/aromatic N) is 5. The maximum atomic E-state index is 12.5. The molecule has 28 heavy (non-hydrogen) atoms. The normalized spacial score (nSPS) is 11.6. The van der Waals surface area contributed by atoms with Gasteiger partial charge in [0, 0.05) is 23.8 Å². The van der Waals surface area contributed by atoms with Crippen LogP contribution in [0.15, 0.2) is 64.5 Å². The summed E-state index contributed by atoms with van der Waals surface area (Å²) in [5, 5.41) is 11.4.